The predicted molar refractivity (Wildman–Crippen MR) is 110 cm³/mol. The van der Waals surface area contributed by atoms with Crippen LogP contribution in [-0.2, 0) is 14.8 Å². The van der Waals surface area contributed by atoms with E-state index in [2.05, 4.69) is 4.74 Å². The van der Waals surface area contributed by atoms with Crippen LogP contribution in [0.3, 0.4) is 0 Å². The third kappa shape index (κ3) is 4.99. The molecule has 0 radical (unpaired) electrons. The van der Waals surface area contributed by atoms with Crippen LogP contribution in [-0.4, -0.2) is 44.7 Å². The zero-order chi connectivity index (χ0) is 20.9. The lowest BCUT2D eigenvalue weighted by Gasteiger charge is -2.25. The molecule has 0 atom stereocenters. The number of piperidine rings is 1. The summed E-state index contributed by atoms with van der Waals surface area (Å²) in [6.45, 7) is 1.08. The van der Waals surface area contributed by atoms with Crippen LogP contribution >= 0.6 is 0 Å². The van der Waals surface area contributed by atoms with E-state index in [1.165, 1.54) is 41.8 Å². The molecule has 0 spiro atoms. The minimum atomic E-state index is -3.51. The molecule has 2 aromatic carbocycles. The third-order valence-electron chi connectivity index (χ3n) is 4.85. The highest BCUT2D eigenvalue weighted by atomic mass is 32.2. The summed E-state index contributed by atoms with van der Waals surface area (Å²) in [5, 5.41) is 0. The van der Waals surface area contributed by atoms with Crippen molar-refractivity contribution < 1.29 is 22.7 Å². The maximum absolute atomic E-state index is 12.7. The summed E-state index contributed by atoms with van der Waals surface area (Å²) in [7, 11) is -2.19. The molecule has 7 heteroatoms. The first-order chi connectivity index (χ1) is 13.9. The van der Waals surface area contributed by atoms with Gasteiger partial charge in [-0.15, -0.1) is 0 Å². The van der Waals surface area contributed by atoms with Crippen molar-refractivity contribution in [2.24, 2.45) is 0 Å². The average Bonchev–Trinajstić information content (AvgIpc) is 2.78. The largest absolute Gasteiger partial charge is 0.465 e. The third-order valence-corrected chi connectivity index (χ3v) is 6.76. The molecule has 0 saturated carbocycles. The van der Waals surface area contributed by atoms with E-state index in [0.717, 1.165) is 24.8 Å². The van der Waals surface area contributed by atoms with Gasteiger partial charge in [0.25, 0.3) is 0 Å². The molecule has 1 aliphatic rings. The van der Waals surface area contributed by atoms with E-state index in [9.17, 15) is 18.0 Å². The van der Waals surface area contributed by atoms with Gasteiger partial charge in [0, 0.05) is 18.7 Å². The highest BCUT2D eigenvalue weighted by Gasteiger charge is 2.25. The quantitative estimate of drug-likeness (QED) is 0.411. The van der Waals surface area contributed by atoms with Gasteiger partial charge in [0.05, 0.1) is 17.6 Å². The summed E-state index contributed by atoms with van der Waals surface area (Å²) in [5.74, 6) is -0.653. The number of rotatable bonds is 6. The van der Waals surface area contributed by atoms with Gasteiger partial charge in [-0.3, -0.25) is 4.79 Å². The normalized spacial score (nSPS) is 15.3. The molecule has 1 saturated heterocycles. The van der Waals surface area contributed by atoms with Crippen molar-refractivity contribution in [2.75, 3.05) is 20.2 Å². The van der Waals surface area contributed by atoms with Crippen LogP contribution < -0.4 is 0 Å². The van der Waals surface area contributed by atoms with Gasteiger partial charge in [-0.05, 0) is 60.9 Å². The number of esters is 1. The predicted octanol–water partition coefficient (Wildman–Crippen LogP) is 3.54. The monoisotopic (exact) mass is 413 g/mol. The SMILES string of the molecule is COC(=O)c1ccc(/C=C/C(=O)c2ccc(S(=O)(=O)N3CCCCC3)cc2)cc1. The van der Waals surface area contributed by atoms with Gasteiger partial charge in [-0.2, -0.15) is 4.31 Å². The highest BCUT2D eigenvalue weighted by Crippen LogP contribution is 2.21. The zero-order valence-electron chi connectivity index (χ0n) is 16.2. The molecule has 3 rings (SSSR count). The van der Waals surface area contributed by atoms with Crippen LogP contribution in [0.25, 0.3) is 6.08 Å². The molecule has 29 heavy (non-hydrogen) atoms. The molecule has 6 nitrogen and oxygen atoms in total. The van der Waals surface area contributed by atoms with E-state index in [-0.39, 0.29) is 10.7 Å². The average molecular weight is 413 g/mol. The van der Waals surface area contributed by atoms with E-state index < -0.39 is 16.0 Å². The molecule has 2 aromatic rings. The Morgan fingerprint density at radius 3 is 2.07 bits per heavy atom. The molecule has 0 amide bonds. The van der Waals surface area contributed by atoms with Gasteiger partial charge < -0.3 is 4.74 Å². The fraction of sp³-hybridized carbons (Fsp3) is 0.273. The molecule has 1 aliphatic heterocycles. The summed E-state index contributed by atoms with van der Waals surface area (Å²) in [6.07, 6.45) is 5.86. The molecule has 0 N–H and O–H groups in total. The van der Waals surface area contributed by atoms with Crippen LogP contribution in [0, 0.1) is 0 Å². The minimum absolute atomic E-state index is 0.207. The summed E-state index contributed by atoms with van der Waals surface area (Å²) in [5.41, 5.74) is 1.60. The number of nitrogens with zero attached hydrogens (tertiary/aromatic N) is 1. The van der Waals surface area contributed by atoms with E-state index in [1.54, 1.807) is 30.3 Å². The second-order valence-corrected chi connectivity index (χ2v) is 8.74. The van der Waals surface area contributed by atoms with Gasteiger partial charge in [0.2, 0.25) is 10.0 Å². The van der Waals surface area contributed by atoms with Crippen LogP contribution in [0.5, 0.6) is 0 Å². The maximum Gasteiger partial charge on any atom is 0.337 e. The fourth-order valence-corrected chi connectivity index (χ4v) is 4.68. The first-order valence-electron chi connectivity index (χ1n) is 9.43. The molecule has 1 heterocycles. The topological polar surface area (TPSA) is 80.8 Å². The van der Waals surface area contributed by atoms with Crippen molar-refractivity contribution in [1.29, 1.82) is 0 Å². The second-order valence-electron chi connectivity index (χ2n) is 6.80. The number of sulfonamides is 1. The summed E-state index contributed by atoms with van der Waals surface area (Å²) < 4.78 is 31.5. The summed E-state index contributed by atoms with van der Waals surface area (Å²) >= 11 is 0. The van der Waals surface area contributed by atoms with Crippen molar-refractivity contribution in [3.05, 3.63) is 71.3 Å². The molecule has 0 aromatic heterocycles. The van der Waals surface area contributed by atoms with E-state index in [0.29, 0.717) is 24.2 Å². The lowest BCUT2D eigenvalue weighted by atomic mass is 10.1. The first kappa shape index (κ1) is 21.0. The molecule has 152 valence electrons. The lowest BCUT2D eigenvalue weighted by Crippen LogP contribution is -2.35. The van der Waals surface area contributed by atoms with Crippen molar-refractivity contribution in [1.82, 2.24) is 4.31 Å². The van der Waals surface area contributed by atoms with Gasteiger partial charge in [0.1, 0.15) is 0 Å². The Morgan fingerprint density at radius 2 is 1.48 bits per heavy atom. The molecule has 1 fully saturated rings. The van der Waals surface area contributed by atoms with E-state index in [1.807, 2.05) is 0 Å². The summed E-state index contributed by atoms with van der Waals surface area (Å²) in [6, 6.07) is 12.7. The number of ether oxygens (including phenoxy) is 1. The van der Waals surface area contributed by atoms with Crippen molar-refractivity contribution in [2.45, 2.75) is 24.2 Å². The number of benzene rings is 2. The highest BCUT2D eigenvalue weighted by molar-refractivity contribution is 7.89. The number of hydrogen-bond acceptors (Lipinski definition) is 5. The lowest BCUT2D eigenvalue weighted by molar-refractivity contribution is 0.0600. The Labute approximate surface area is 170 Å². The maximum atomic E-state index is 12.7. The molecule has 0 unspecified atom stereocenters. The molecule has 0 bridgehead atoms. The standard InChI is InChI=1S/C22H23NO5S/c1-28-22(25)19-8-5-17(6-9-19)7-14-21(24)18-10-12-20(13-11-18)29(26,27)23-15-3-2-4-16-23/h5-14H,2-4,15-16H2,1H3/b14-7+. The Bertz CT molecular complexity index is 1000. The number of hydrogen-bond donors (Lipinski definition) is 0. The fourth-order valence-electron chi connectivity index (χ4n) is 3.16. The van der Waals surface area contributed by atoms with Gasteiger partial charge in [0.15, 0.2) is 5.78 Å². The van der Waals surface area contributed by atoms with Crippen LogP contribution in [0.4, 0.5) is 0 Å². The first-order valence-corrected chi connectivity index (χ1v) is 10.9. The van der Waals surface area contributed by atoms with Gasteiger partial charge in [-0.1, -0.05) is 24.6 Å². The Hall–Kier alpha value is -2.77. The number of carbonyl (C=O) groups excluding carboxylic acids is 2. The number of methoxy groups -OCH3 is 1. The van der Waals surface area contributed by atoms with Crippen LogP contribution in [0.1, 0.15) is 45.5 Å². The van der Waals surface area contributed by atoms with Gasteiger partial charge >= 0.3 is 5.97 Å². The second kappa shape index (κ2) is 9.15. The Morgan fingerprint density at radius 1 is 0.897 bits per heavy atom. The Balaban J connectivity index is 1.68. The number of allylic oxidation sites excluding steroid dienone is 1. The van der Waals surface area contributed by atoms with E-state index in [4.69, 9.17) is 0 Å². The van der Waals surface area contributed by atoms with Crippen LogP contribution in [0.2, 0.25) is 0 Å². The Kier molecular flexibility index (Phi) is 6.61. The van der Waals surface area contributed by atoms with Crippen molar-refractivity contribution in [3.8, 4) is 0 Å². The van der Waals surface area contributed by atoms with Crippen molar-refractivity contribution >= 4 is 27.9 Å². The molecular weight excluding hydrogens is 390 g/mol. The number of ketones is 1. The zero-order valence-corrected chi connectivity index (χ0v) is 17.0. The number of carbonyl (C=O) groups is 2. The molecular formula is C22H23NO5S. The van der Waals surface area contributed by atoms with Crippen molar-refractivity contribution in [3.63, 3.8) is 0 Å². The van der Waals surface area contributed by atoms with E-state index >= 15 is 0 Å². The van der Waals surface area contributed by atoms with Gasteiger partial charge in [-0.25, -0.2) is 13.2 Å². The minimum Gasteiger partial charge on any atom is -0.465 e. The molecule has 0 aliphatic carbocycles. The smallest absolute Gasteiger partial charge is 0.337 e. The summed E-state index contributed by atoms with van der Waals surface area (Å²) in [4.78, 5) is 24.0. The van der Waals surface area contributed by atoms with Crippen LogP contribution in [0.15, 0.2) is 59.5 Å².